The van der Waals surface area contributed by atoms with Gasteiger partial charge in [0.1, 0.15) is 10.7 Å². The Morgan fingerprint density at radius 1 is 1.67 bits per heavy atom. The summed E-state index contributed by atoms with van der Waals surface area (Å²) in [6, 6.07) is 2.92. The predicted molar refractivity (Wildman–Crippen MR) is 69.4 cm³/mol. The van der Waals surface area contributed by atoms with Crippen LogP contribution in [0, 0.1) is 0 Å². The van der Waals surface area contributed by atoms with Gasteiger partial charge in [0.2, 0.25) is 10.0 Å². The average Bonchev–Trinajstić information content (AvgIpc) is 2.34. The number of nitrogen functional groups attached to an aromatic ring is 1. The standard InChI is InChI=1S/C11H17N3O3S/c1-3-7-17-9(2)8-14-18(15,16)10-5-4-6-13-11(10)12/h3-6,9,14H,1,7-8H2,2H3,(H2,12,13). The van der Waals surface area contributed by atoms with Crippen molar-refractivity contribution in [3.05, 3.63) is 31.0 Å². The molecule has 18 heavy (non-hydrogen) atoms. The van der Waals surface area contributed by atoms with Crippen LogP contribution >= 0.6 is 0 Å². The number of anilines is 1. The number of rotatable bonds is 7. The van der Waals surface area contributed by atoms with E-state index in [1.165, 1.54) is 18.3 Å². The van der Waals surface area contributed by atoms with Gasteiger partial charge < -0.3 is 10.5 Å². The summed E-state index contributed by atoms with van der Waals surface area (Å²) in [5, 5.41) is 0. The van der Waals surface area contributed by atoms with Crippen LogP contribution in [0.1, 0.15) is 6.92 Å². The largest absolute Gasteiger partial charge is 0.383 e. The quantitative estimate of drug-likeness (QED) is 0.706. The van der Waals surface area contributed by atoms with Gasteiger partial charge in [-0.15, -0.1) is 6.58 Å². The van der Waals surface area contributed by atoms with Crippen molar-refractivity contribution in [3.8, 4) is 0 Å². The van der Waals surface area contributed by atoms with E-state index in [1.54, 1.807) is 13.0 Å². The number of aromatic nitrogens is 1. The third-order valence-electron chi connectivity index (χ3n) is 2.15. The highest BCUT2D eigenvalue weighted by Gasteiger charge is 2.18. The highest BCUT2D eigenvalue weighted by Crippen LogP contribution is 2.13. The Morgan fingerprint density at radius 3 is 3.00 bits per heavy atom. The first-order valence-electron chi connectivity index (χ1n) is 5.40. The fraction of sp³-hybridized carbons (Fsp3) is 0.364. The van der Waals surface area contributed by atoms with Crippen molar-refractivity contribution in [3.63, 3.8) is 0 Å². The van der Waals surface area contributed by atoms with E-state index < -0.39 is 10.0 Å². The van der Waals surface area contributed by atoms with E-state index >= 15 is 0 Å². The molecule has 1 heterocycles. The zero-order chi connectivity index (χ0) is 13.6. The molecule has 0 aromatic carbocycles. The third-order valence-corrected chi connectivity index (χ3v) is 3.62. The summed E-state index contributed by atoms with van der Waals surface area (Å²) in [6.45, 7) is 5.80. The zero-order valence-electron chi connectivity index (χ0n) is 10.2. The smallest absolute Gasteiger partial charge is 0.244 e. The molecule has 1 aromatic heterocycles. The lowest BCUT2D eigenvalue weighted by Crippen LogP contribution is -2.32. The van der Waals surface area contributed by atoms with Gasteiger partial charge in [0, 0.05) is 12.7 Å². The lowest BCUT2D eigenvalue weighted by Gasteiger charge is -2.13. The maximum atomic E-state index is 11.9. The fourth-order valence-electron chi connectivity index (χ4n) is 1.23. The van der Waals surface area contributed by atoms with Gasteiger partial charge in [-0.3, -0.25) is 0 Å². The van der Waals surface area contributed by atoms with Crippen LogP contribution in [0.15, 0.2) is 35.9 Å². The van der Waals surface area contributed by atoms with E-state index in [9.17, 15) is 8.42 Å². The van der Waals surface area contributed by atoms with Crippen LogP contribution in [0.25, 0.3) is 0 Å². The summed E-state index contributed by atoms with van der Waals surface area (Å²) >= 11 is 0. The number of hydrogen-bond donors (Lipinski definition) is 2. The second-order valence-electron chi connectivity index (χ2n) is 3.67. The Balaban J connectivity index is 2.66. The van der Waals surface area contributed by atoms with E-state index in [4.69, 9.17) is 10.5 Å². The number of pyridine rings is 1. The van der Waals surface area contributed by atoms with Crippen LogP contribution < -0.4 is 10.5 Å². The Morgan fingerprint density at radius 2 is 2.39 bits per heavy atom. The summed E-state index contributed by atoms with van der Waals surface area (Å²) in [7, 11) is -3.65. The Kier molecular flexibility index (Phi) is 5.26. The van der Waals surface area contributed by atoms with Gasteiger partial charge in [0.25, 0.3) is 0 Å². The molecular formula is C11H17N3O3S. The van der Waals surface area contributed by atoms with Crippen molar-refractivity contribution in [1.29, 1.82) is 0 Å². The normalized spacial score (nSPS) is 13.2. The van der Waals surface area contributed by atoms with E-state index in [0.29, 0.717) is 6.61 Å². The third kappa shape index (κ3) is 4.10. The maximum absolute atomic E-state index is 11.9. The summed E-state index contributed by atoms with van der Waals surface area (Å²) in [6.07, 6.45) is 2.78. The van der Waals surface area contributed by atoms with Crippen LogP contribution in [0.2, 0.25) is 0 Å². The summed E-state index contributed by atoms with van der Waals surface area (Å²) in [5.41, 5.74) is 5.52. The molecule has 1 rings (SSSR count). The lowest BCUT2D eigenvalue weighted by molar-refractivity contribution is 0.0921. The molecule has 7 heteroatoms. The monoisotopic (exact) mass is 271 g/mol. The van der Waals surface area contributed by atoms with Gasteiger partial charge in [0.05, 0.1) is 12.7 Å². The number of nitrogens with one attached hydrogen (secondary N) is 1. The molecule has 0 fully saturated rings. The molecule has 0 bridgehead atoms. The highest BCUT2D eigenvalue weighted by atomic mass is 32.2. The molecule has 0 radical (unpaired) electrons. The lowest BCUT2D eigenvalue weighted by atomic mass is 10.4. The van der Waals surface area contributed by atoms with Crippen LogP contribution in [0.4, 0.5) is 5.82 Å². The molecule has 0 spiro atoms. The molecule has 0 aliphatic carbocycles. The Hall–Kier alpha value is -1.44. The number of ether oxygens (including phenoxy) is 1. The zero-order valence-corrected chi connectivity index (χ0v) is 11.0. The van der Waals surface area contributed by atoms with Gasteiger partial charge in [-0.2, -0.15) is 0 Å². The van der Waals surface area contributed by atoms with Crippen LogP contribution in [-0.4, -0.2) is 32.7 Å². The van der Waals surface area contributed by atoms with Gasteiger partial charge in [-0.05, 0) is 19.1 Å². The van der Waals surface area contributed by atoms with Crippen molar-refractivity contribution in [2.24, 2.45) is 0 Å². The molecule has 1 aromatic rings. The topological polar surface area (TPSA) is 94.3 Å². The SMILES string of the molecule is C=CCOC(C)CNS(=O)(=O)c1cccnc1N. The van der Waals surface area contributed by atoms with Crippen molar-refractivity contribution in [2.45, 2.75) is 17.9 Å². The Labute approximate surface area is 107 Å². The molecule has 6 nitrogen and oxygen atoms in total. The molecular weight excluding hydrogens is 254 g/mol. The minimum absolute atomic E-state index is 0.0235. The maximum Gasteiger partial charge on any atom is 0.244 e. The van der Waals surface area contributed by atoms with Gasteiger partial charge in [0.15, 0.2) is 0 Å². The molecule has 0 saturated carbocycles. The number of nitrogens with two attached hydrogens (primary N) is 1. The first-order valence-corrected chi connectivity index (χ1v) is 6.88. The molecule has 0 amide bonds. The molecule has 1 unspecified atom stereocenters. The summed E-state index contributed by atoms with van der Waals surface area (Å²) < 4.78 is 31.5. The predicted octanol–water partition coefficient (Wildman–Crippen LogP) is 0.533. The molecule has 0 saturated heterocycles. The Bertz CT molecular complexity index is 502. The van der Waals surface area contributed by atoms with E-state index in [0.717, 1.165) is 0 Å². The number of hydrogen-bond acceptors (Lipinski definition) is 5. The van der Waals surface area contributed by atoms with E-state index in [1.807, 2.05) is 0 Å². The first-order chi connectivity index (χ1) is 8.47. The molecule has 0 aliphatic heterocycles. The number of nitrogens with zero attached hydrogens (tertiary/aromatic N) is 1. The molecule has 100 valence electrons. The number of sulfonamides is 1. The summed E-state index contributed by atoms with van der Waals surface area (Å²) in [4.78, 5) is 3.71. The highest BCUT2D eigenvalue weighted by molar-refractivity contribution is 7.89. The van der Waals surface area contributed by atoms with Crippen molar-refractivity contribution in [1.82, 2.24) is 9.71 Å². The second kappa shape index (κ2) is 6.48. The van der Waals surface area contributed by atoms with Crippen LogP contribution in [0.5, 0.6) is 0 Å². The first kappa shape index (κ1) is 14.6. The fourth-order valence-corrected chi connectivity index (χ4v) is 2.42. The average molecular weight is 271 g/mol. The van der Waals surface area contributed by atoms with E-state index in [-0.39, 0.29) is 23.4 Å². The van der Waals surface area contributed by atoms with Crippen molar-refractivity contribution in [2.75, 3.05) is 18.9 Å². The summed E-state index contributed by atoms with van der Waals surface area (Å²) in [5.74, 6) is -0.0235. The molecule has 0 aliphatic rings. The van der Waals surface area contributed by atoms with E-state index in [2.05, 4.69) is 16.3 Å². The van der Waals surface area contributed by atoms with Crippen LogP contribution in [-0.2, 0) is 14.8 Å². The van der Waals surface area contributed by atoms with Crippen molar-refractivity contribution >= 4 is 15.8 Å². The van der Waals surface area contributed by atoms with Gasteiger partial charge in [-0.1, -0.05) is 6.08 Å². The molecule has 3 N–H and O–H groups in total. The van der Waals surface area contributed by atoms with Crippen LogP contribution in [0.3, 0.4) is 0 Å². The van der Waals surface area contributed by atoms with Crippen molar-refractivity contribution < 1.29 is 13.2 Å². The molecule has 1 atom stereocenters. The second-order valence-corrected chi connectivity index (χ2v) is 5.41. The van der Waals surface area contributed by atoms with Gasteiger partial charge >= 0.3 is 0 Å². The van der Waals surface area contributed by atoms with Gasteiger partial charge in [-0.25, -0.2) is 18.1 Å². The minimum Gasteiger partial charge on any atom is -0.383 e. The minimum atomic E-state index is -3.65.